The lowest BCUT2D eigenvalue weighted by atomic mass is 10.1. The van der Waals surface area contributed by atoms with Gasteiger partial charge in [-0.15, -0.1) is 0 Å². The van der Waals surface area contributed by atoms with Crippen molar-refractivity contribution in [3.8, 4) is 0 Å². The molecule has 2 aromatic rings. The minimum absolute atomic E-state index is 0.0597. The molecular formula is C19H15ClN2O3. The van der Waals surface area contributed by atoms with Crippen LogP contribution in [0.2, 0.25) is 5.02 Å². The van der Waals surface area contributed by atoms with E-state index in [0.29, 0.717) is 40.4 Å². The van der Waals surface area contributed by atoms with Gasteiger partial charge in [0.1, 0.15) is 0 Å². The molecule has 0 spiro atoms. The van der Waals surface area contributed by atoms with Gasteiger partial charge in [0, 0.05) is 23.2 Å². The first kappa shape index (κ1) is 16.9. The number of benzene rings is 2. The van der Waals surface area contributed by atoms with Gasteiger partial charge >= 0.3 is 0 Å². The lowest BCUT2D eigenvalue weighted by molar-refractivity contribution is -0.111. The molecule has 0 aromatic heterocycles. The zero-order valence-electron chi connectivity index (χ0n) is 13.3. The number of hydrogen-bond acceptors (Lipinski definition) is 3. The quantitative estimate of drug-likeness (QED) is 0.819. The third-order valence-electron chi connectivity index (χ3n) is 3.96. The van der Waals surface area contributed by atoms with Crippen molar-refractivity contribution in [2.75, 3.05) is 10.6 Å². The molecule has 6 heteroatoms. The second-order valence-electron chi connectivity index (χ2n) is 5.64. The van der Waals surface area contributed by atoms with Crippen LogP contribution < -0.4 is 10.6 Å². The average molecular weight is 355 g/mol. The molecule has 25 heavy (non-hydrogen) atoms. The number of rotatable bonds is 4. The maximum absolute atomic E-state index is 12.4. The van der Waals surface area contributed by atoms with E-state index >= 15 is 0 Å². The number of carbonyl (C=O) groups is 3. The third-order valence-corrected chi connectivity index (χ3v) is 4.28. The molecule has 0 atom stereocenters. The molecule has 0 bridgehead atoms. The van der Waals surface area contributed by atoms with E-state index in [1.165, 1.54) is 0 Å². The van der Waals surface area contributed by atoms with Gasteiger partial charge in [-0.3, -0.25) is 14.4 Å². The number of fused-ring (bicyclic) bond motifs is 1. The number of hydrogen-bond donors (Lipinski definition) is 2. The molecule has 3 rings (SSSR count). The van der Waals surface area contributed by atoms with Crippen molar-refractivity contribution in [2.45, 2.75) is 12.8 Å². The number of ketones is 1. The van der Waals surface area contributed by atoms with E-state index in [1.54, 1.807) is 36.4 Å². The Bertz CT molecular complexity index is 888. The number of amides is 2. The van der Waals surface area contributed by atoms with E-state index in [4.69, 9.17) is 11.6 Å². The second kappa shape index (κ2) is 6.91. The Morgan fingerprint density at radius 3 is 2.48 bits per heavy atom. The minimum atomic E-state index is -0.353. The Morgan fingerprint density at radius 1 is 1.08 bits per heavy atom. The SMILES string of the molecule is C=CC(=O)Nc1ccc(C(=O)Nc2cc3c(cc2Cl)CCC3=O)cc1. The van der Waals surface area contributed by atoms with E-state index in [2.05, 4.69) is 17.2 Å². The lowest BCUT2D eigenvalue weighted by Gasteiger charge is -2.10. The molecule has 0 aliphatic heterocycles. The van der Waals surface area contributed by atoms with Crippen LogP contribution in [0.3, 0.4) is 0 Å². The third kappa shape index (κ3) is 3.61. The minimum Gasteiger partial charge on any atom is -0.323 e. The van der Waals surface area contributed by atoms with Crippen molar-refractivity contribution >= 4 is 40.6 Å². The summed E-state index contributed by atoms with van der Waals surface area (Å²) in [5, 5.41) is 5.72. The number of Topliss-reactive ketones (excluding diaryl/α,β-unsaturated/α-hetero) is 1. The molecule has 1 aliphatic rings. The first-order valence-corrected chi connectivity index (χ1v) is 8.06. The number of nitrogens with one attached hydrogen (secondary N) is 2. The summed E-state index contributed by atoms with van der Waals surface area (Å²) in [6.07, 6.45) is 2.32. The van der Waals surface area contributed by atoms with Crippen molar-refractivity contribution in [2.24, 2.45) is 0 Å². The van der Waals surface area contributed by atoms with Crippen LogP contribution in [0.1, 0.15) is 32.7 Å². The lowest BCUT2D eigenvalue weighted by Crippen LogP contribution is -2.13. The van der Waals surface area contributed by atoms with Crippen LogP contribution >= 0.6 is 11.6 Å². The summed E-state index contributed by atoms with van der Waals surface area (Å²) in [6.45, 7) is 3.38. The molecule has 2 amide bonds. The van der Waals surface area contributed by atoms with Crippen LogP contribution in [0.4, 0.5) is 11.4 Å². The van der Waals surface area contributed by atoms with Crippen LogP contribution in [0.25, 0.3) is 0 Å². The fourth-order valence-corrected chi connectivity index (χ4v) is 2.89. The van der Waals surface area contributed by atoms with Crippen molar-refractivity contribution < 1.29 is 14.4 Å². The fraction of sp³-hybridized carbons (Fsp3) is 0.105. The standard InChI is InChI=1S/C19H15ClN2O3/c1-2-18(24)21-13-6-3-11(4-7-13)19(25)22-16-10-14-12(9-15(16)20)5-8-17(14)23/h2-4,6-7,9-10H,1,5,8H2,(H,21,24)(H,22,25). The Kier molecular flexibility index (Phi) is 4.67. The molecule has 0 fully saturated rings. The van der Waals surface area contributed by atoms with Gasteiger partial charge < -0.3 is 10.6 Å². The van der Waals surface area contributed by atoms with Crippen LogP contribution in [0.15, 0.2) is 49.1 Å². The molecule has 2 N–H and O–H groups in total. The molecule has 5 nitrogen and oxygen atoms in total. The van der Waals surface area contributed by atoms with Gasteiger partial charge in [-0.2, -0.15) is 0 Å². The Balaban J connectivity index is 1.76. The monoisotopic (exact) mass is 354 g/mol. The summed E-state index contributed by atoms with van der Waals surface area (Å²) in [6, 6.07) is 9.75. The number of carbonyl (C=O) groups excluding carboxylic acids is 3. The number of anilines is 2. The number of aryl methyl sites for hydroxylation is 1. The second-order valence-corrected chi connectivity index (χ2v) is 6.04. The molecule has 0 heterocycles. The highest BCUT2D eigenvalue weighted by Gasteiger charge is 2.22. The summed E-state index contributed by atoms with van der Waals surface area (Å²) >= 11 is 6.20. The van der Waals surface area contributed by atoms with Crippen molar-refractivity contribution in [1.29, 1.82) is 0 Å². The molecule has 0 unspecified atom stereocenters. The summed E-state index contributed by atoms with van der Waals surface area (Å²) in [5.74, 6) is -0.620. The fourth-order valence-electron chi connectivity index (χ4n) is 2.65. The Hall–Kier alpha value is -2.92. The van der Waals surface area contributed by atoms with Crippen molar-refractivity contribution in [3.05, 3.63) is 70.8 Å². The predicted octanol–water partition coefficient (Wildman–Crippen LogP) is 3.85. The van der Waals surface area contributed by atoms with Crippen LogP contribution in [-0.2, 0) is 11.2 Å². The van der Waals surface area contributed by atoms with Gasteiger partial charge in [-0.05, 0) is 54.5 Å². The molecular weight excluding hydrogens is 340 g/mol. The van der Waals surface area contributed by atoms with Crippen LogP contribution in [0, 0.1) is 0 Å². The summed E-state index contributed by atoms with van der Waals surface area (Å²) in [5.41, 5.74) is 2.89. The van der Waals surface area contributed by atoms with Gasteiger partial charge in [-0.25, -0.2) is 0 Å². The highest BCUT2D eigenvalue weighted by atomic mass is 35.5. The normalized spacial score (nSPS) is 12.4. The van der Waals surface area contributed by atoms with Gasteiger partial charge in [-0.1, -0.05) is 18.2 Å². The summed E-state index contributed by atoms with van der Waals surface area (Å²) < 4.78 is 0. The Morgan fingerprint density at radius 2 is 1.80 bits per heavy atom. The summed E-state index contributed by atoms with van der Waals surface area (Å²) in [7, 11) is 0. The first-order chi connectivity index (χ1) is 12.0. The highest BCUT2D eigenvalue weighted by Crippen LogP contribution is 2.31. The maximum Gasteiger partial charge on any atom is 0.255 e. The van der Waals surface area contributed by atoms with Gasteiger partial charge in [0.2, 0.25) is 5.91 Å². The van der Waals surface area contributed by atoms with E-state index in [0.717, 1.165) is 11.6 Å². The maximum atomic E-state index is 12.4. The van der Waals surface area contributed by atoms with Crippen LogP contribution in [-0.4, -0.2) is 17.6 Å². The molecule has 1 aliphatic carbocycles. The topological polar surface area (TPSA) is 75.3 Å². The molecule has 126 valence electrons. The van der Waals surface area contributed by atoms with E-state index in [9.17, 15) is 14.4 Å². The zero-order valence-corrected chi connectivity index (χ0v) is 14.0. The summed E-state index contributed by atoms with van der Waals surface area (Å²) in [4.78, 5) is 35.5. The molecule has 0 radical (unpaired) electrons. The first-order valence-electron chi connectivity index (χ1n) is 7.68. The van der Waals surface area contributed by atoms with Gasteiger partial charge in [0.05, 0.1) is 10.7 Å². The largest absolute Gasteiger partial charge is 0.323 e. The number of halogens is 1. The Labute approximate surface area is 149 Å². The molecule has 0 saturated heterocycles. The van der Waals surface area contributed by atoms with E-state index in [-0.39, 0.29) is 17.6 Å². The van der Waals surface area contributed by atoms with E-state index in [1.807, 2.05) is 0 Å². The van der Waals surface area contributed by atoms with Crippen molar-refractivity contribution in [1.82, 2.24) is 0 Å². The average Bonchev–Trinajstić information content (AvgIpc) is 2.95. The van der Waals surface area contributed by atoms with Crippen LogP contribution in [0.5, 0.6) is 0 Å². The van der Waals surface area contributed by atoms with E-state index < -0.39 is 0 Å². The smallest absolute Gasteiger partial charge is 0.255 e. The molecule has 0 saturated carbocycles. The zero-order chi connectivity index (χ0) is 18.0. The van der Waals surface area contributed by atoms with Crippen molar-refractivity contribution in [3.63, 3.8) is 0 Å². The van der Waals surface area contributed by atoms with Gasteiger partial charge in [0.25, 0.3) is 5.91 Å². The van der Waals surface area contributed by atoms with Gasteiger partial charge in [0.15, 0.2) is 5.78 Å². The highest BCUT2D eigenvalue weighted by molar-refractivity contribution is 6.34. The predicted molar refractivity (Wildman–Crippen MR) is 97.3 cm³/mol. The molecule has 2 aromatic carbocycles.